The van der Waals surface area contributed by atoms with Crippen molar-refractivity contribution in [3.05, 3.63) is 34.9 Å². The number of aryl methyl sites for hydroxylation is 2. The first kappa shape index (κ1) is 13.3. The molecule has 4 nitrogen and oxygen atoms in total. The Hall–Kier alpha value is -1.68. The number of benzene rings is 1. The van der Waals surface area contributed by atoms with Crippen LogP contribution in [0.3, 0.4) is 0 Å². The third kappa shape index (κ3) is 2.75. The van der Waals surface area contributed by atoms with Crippen LogP contribution in [0.2, 0.25) is 0 Å². The van der Waals surface area contributed by atoms with Crippen LogP contribution in [0.5, 0.6) is 0 Å². The first-order valence-corrected chi connectivity index (χ1v) is 7.35. The molecule has 106 valence electrons. The van der Waals surface area contributed by atoms with E-state index >= 15 is 0 Å². The summed E-state index contributed by atoms with van der Waals surface area (Å²) in [6, 6.07) is 5.15. The Balaban J connectivity index is 1.74. The van der Waals surface area contributed by atoms with Crippen LogP contribution in [0.25, 0.3) is 0 Å². The molecule has 0 saturated carbocycles. The van der Waals surface area contributed by atoms with Crippen molar-refractivity contribution < 1.29 is 19.6 Å². The molecule has 0 amide bonds. The summed E-state index contributed by atoms with van der Waals surface area (Å²) in [5.74, 6) is -1.18. The van der Waals surface area contributed by atoms with Gasteiger partial charge in [-0.05, 0) is 42.9 Å². The zero-order chi connectivity index (χ0) is 14.1. The Morgan fingerprint density at radius 3 is 2.50 bits per heavy atom. The van der Waals surface area contributed by atoms with Crippen LogP contribution in [0.15, 0.2) is 18.2 Å². The maximum absolute atomic E-state index is 12.3. The highest BCUT2D eigenvalue weighted by atomic mass is 16.4. The maximum atomic E-state index is 12.3. The van der Waals surface area contributed by atoms with E-state index in [4.69, 9.17) is 0 Å². The monoisotopic (exact) mass is 273 g/mol. The molecular formula is C16H19NO3. The van der Waals surface area contributed by atoms with Crippen LogP contribution in [0.1, 0.15) is 40.7 Å². The normalized spacial score (nSPS) is 19.2. The molecule has 0 bridgehead atoms. The highest BCUT2D eigenvalue weighted by Crippen LogP contribution is 2.22. The van der Waals surface area contributed by atoms with Gasteiger partial charge in [0.15, 0.2) is 5.78 Å². The van der Waals surface area contributed by atoms with Crippen LogP contribution < -0.4 is 10.0 Å². The lowest BCUT2D eigenvalue weighted by Crippen LogP contribution is -3.00. The van der Waals surface area contributed by atoms with E-state index in [0.29, 0.717) is 5.56 Å². The van der Waals surface area contributed by atoms with Crippen molar-refractivity contribution in [3.63, 3.8) is 0 Å². The van der Waals surface area contributed by atoms with Crippen molar-refractivity contribution in [1.29, 1.82) is 0 Å². The molecular weight excluding hydrogens is 254 g/mol. The van der Waals surface area contributed by atoms with Crippen LogP contribution >= 0.6 is 0 Å². The van der Waals surface area contributed by atoms with Gasteiger partial charge in [0.25, 0.3) is 0 Å². The quantitative estimate of drug-likeness (QED) is 0.562. The Morgan fingerprint density at radius 1 is 1.15 bits per heavy atom. The summed E-state index contributed by atoms with van der Waals surface area (Å²) < 4.78 is 0. The smallest absolute Gasteiger partial charge is 0.169 e. The van der Waals surface area contributed by atoms with Crippen molar-refractivity contribution in [2.75, 3.05) is 13.1 Å². The van der Waals surface area contributed by atoms with Crippen molar-refractivity contribution >= 4 is 11.8 Å². The SMILES string of the molecule is O=C(C[C@H](C(=O)[O-])[NH+]1CC1)c1ccc2c(c1)CCCC2. The molecule has 1 atom stereocenters. The molecule has 1 aromatic rings. The zero-order valence-electron chi connectivity index (χ0n) is 11.5. The number of ketones is 1. The lowest BCUT2D eigenvalue weighted by atomic mass is 9.89. The Morgan fingerprint density at radius 2 is 1.85 bits per heavy atom. The topological polar surface area (TPSA) is 61.6 Å². The molecule has 1 aromatic carbocycles. The van der Waals surface area contributed by atoms with E-state index in [1.54, 1.807) is 0 Å². The van der Waals surface area contributed by atoms with Crippen LogP contribution in [-0.4, -0.2) is 30.9 Å². The lowest BCUT2D eigenvalue weighted by molar-refractivity contribution is -0.782. The molecule has 1 heterocycles. The minimum atomic E-state index is -1.11. The van der Waals surface area contributed by atoms with Gasteiger partial charge in [0, 0.05) is 5.56 Å². The van der Waals surface area contributed by atoms with E-state index in [1.807, 2.05) is 18.2 Å². The summed E-state index contributed by atoms with van der Waals surface area (Å²) in [5, 5.41) is 11.1. The largest absolute Gasteiger partial charge is 0.544 e. The van der Waals surface area contributed by atoms with Crippen LogP contribution in [0.4, 0.5) is 0 Å². The van der Waals surface area contributed by atoms with Gasteiger partial charge in [-0.1, -0.05) is 12.1 Å². The molecule has 1 saturated heterocycles. The standard InChI is InChI=1S/C16H19NO3/c18-15(10-14(16(19)20)17-7-8-17)13-6-5-11-3-1-2-4-12(11)9-13/h5-6,9,14H,1-4,7-8,10H2,(H,19,20)/t14-/m1/s1. The summed E-state index contributed by atoms with van der Waals surface area (Å²) in [7, 11) is 0. The fourth-order valence-corrected chi connectivity index (χ4v) is 3.03. The number of hydrogen-bond acceptors (Lipinski definition) is 3. The summed E-state index contributed by atoms with van der Waals surface area (Å²) in [6.07, 6.45) is 4.55. The Kier molecular flexibility index (Phi) is 3.57. The van der Waals surface area contributed by atoms with E-state index in [2.05, 4.69) is 0 Å². The number of nitrogens with one attached hydrogen (secondary N) is 1. The third-order valence-corrected chi connectivity index (χ3v) is 4.38. The van der Waals surface area contributed by atoms with E-state index in [0.717, 1.165) is 30.8 Å². The van der Waals surface area contributed by atoms with Gasteiger partial charge >= 0.3 is 0 Å². The van der Waals surface area contributed by atoms with Gasteiger partial charge in [-0.3, -0.25) is 4.79 Å². The molecule has 0 aromatic heterocycles. The van der Waals surface area contributed by atoms with E-state index in [9.17, 15) is 14.7 Å². The summed E-state index contributed by atoms with van der Waals surface area (Å²) in [4.78, 5) is 24.3. The highest BCUT2D eigenvalue weighted by Gasteiger charge is 2.35. The third-order valence-electron chi connectivity index (χ3n) is 4.38. The Labute approximate surface area is 118 Å². The molecule has 4 heteroatoms. The van der Waals surface area contributed by atoms with Gasteiger partial charge < -0.3 is 14.8 Å². The summed E-state index contributed by atoms with van der Waals surface area (Å²) in [5.41, 5.74) is 3.24. The van der Waals surface area contributed by atoms with Crippen molar-refractivity contribution in [2.45, 2.75) is 38.1 Å². The number of aliphatic carboxylic acids is 1. The number of carboxylic acid groups (broad SMARTS) is 1. The van der Waals surface area contributed by atoms with Gasteiger partial charge in [0.2, 0.25) is 0 Å². The molecule has 20 heavy (non-hydrogen) atoms. The second kappa shape index (κ2) is 5.37. The zero-order valence-corrected chi connectivity index (χ0v) is 11.5. The predicted molar refractivity (Wildman–Crippen MR) is 71.5 cm³/mol. The van der Waals surface area contributed by atoms with Gasteiger partial charge in [-0.2, -0.15) is 0 Å². The molecule has 1 aliphatic heterocycles. The maximum Gasteiger partial charge on any atom is 0.169 e. The van der Waals surface area contributed by atoms with Crippen LogP contribution in [0, 0.1) is 0 Å². The number of Topliss-reactive ketones (excluding diaryl/α,β-unsaturated/α-hetero) is 1. The first-order valence-electron chi connectivity index (χ1n) is 7.35. The first-order chi connectivity index (χ1) is 9.65. The number of carboxylic acids is 1. The molecule has 2 aliphatic rings. The molecule has 0 unspecified atom stereocenters. The number of fused-ring (bicyclic) bond motifs is 1. The van der Waals surface area contributed by atoms with Gasteiger partial charge in [-0.25, -0.2) is 0 Å². The van der Waals surface area contributed by atoms with Gasteiger partial charge in [0.05, 0.1) is 12.4 Å². The Bertz CT molecular complexity index is 549. The average Bonchev–Trinajstić information content (AvgIpc) is 3.28. The summed E-state index contributed by atoms with van der Waals surface area (Å²) in [6.45, 7) is 1.66. The van der Waals surface area contributed by atoms with Crippen molar-refractivity contribution in [3.8, 4) is 0 Å². The molecule has 1 N–H and O–H groups in total. The fraction of sp³-hybridized carbons (Fsp3) is 0.500. The number of carbonyl (C=O) groups is 2. The number of carbonyl (C=O) groups excluding carboxylic acids is 2. The van der Waals surface area contributed by atoms with Gasteiger partial charge in [0.1, 0.15) is 19.1 Å². The highest BCUT2D eigenvalue weighted by molar-refractivity contribution is 5.98. The fourth-order valence-electron chi connectivity index (χ4n) is 3.03. The number of hydrogen-bond donors (Lipinski definition) is 1. The van der Waals surface area contributed by atoms with Crippen molar-refractivity contribution in [1.82, 2.24) is 0 Å². The molecule has 1 aliphatic carbocycles. The minimum Gasteiger partial charge on any atom is -0.544 e. The molecule has 3 rings (SSSR count). The second-order valence-electron chi connectivity index (χ2n) is 5.85. The second-order valence-corrected chi connectivity index (χ2v) is 5.85. The van der Waals surface area contributed by atoms with E-state index < -0.39 is 12.0 Å². The minimum absolute atomic E-state index is 0.0520. The predicted octanol–water partition coefficient (Wildman–Crippen LogP) is -0.845. The van der Waals surface area contributed by atoms with Crippen molar-refractivity contribution in [2.24, 2.45) is 0 Å². The number of rotatable bonds is 5. The lowest BCUT2D eigenvalue weighted by Gasteiger charge is -2.18. The molecule has 1 fully saturated rings. The van der Waals surface area contributed by atoms with E-state index in [-0.39, 0.29) is 12.2 Å². The van der Waals surface area contributed by atoms with Crippen LogP contribution in [-0.2, 0) is 17.6 Å². The molecule has 0 spiro atoms. The van der Waals surface area contributed by atoms with Gasteiger partial charge in [-0.15, -0.1) is 0 Å². The number of quaternary nitrogens is 1. The average molecular weight is 273 g/mol. The molecule has 0 radical (unpaired) electrons. The summed E-state index contributed by atoms with van der Waals surface area (Å²) >= 11 is 0. The van der Waals surface area contributed by atoms with E-state index in [1.165, 1.54) is 24.0 Å².